The Morgan fingerprint density at radius 2 is 1.95 bits per heavy atom. The summed E-state index contributed by atoms with van der Waals surface area (Å²) in [4.78, 5) is 11.5. The lowest BCUT2D eigenvalue weighted by molar-refractivity contribution is 0.145. The molecule has 112 valence electrons. The van der Waals surface area contributed by atoms with Gasteiger partial charge >= 0.3 is 6.03 Å². The Labute approximate surface area is 120 Å². The number of hydrogen-bond donors (Lipinski definition) is 2. The summed E-state index contributed by atoms with van der Waals surface area (Å²) in [6.07, 6.45) is 1.57. The van der Waals surface area contributed by atoms with Crippen molar-refractivity contribution >= 4 is 6.03 Å². The molecule has 0 atom stereocenters. The number of carbonyl (C=O) groups excluding carboxylic acids is 1. The fourth-order valence-electron chi connectivity index (χ4n) is 1.80. The van der Waals surface area contributed by atoms with Gasteiger partial charge in [-0.15, -0.1) is 0 Å². The van der Waals surface area contributed by atoms with Crippen molar-refractivity contribution in [2.24, 2.45) is 0 Å². The molecule has 0 saturated heterocycles. The quantitative estimate of drug-likeness (QED) is 0.680. The average Bonchev–Trinajstić information content (AvgIpc) is 2.47. The van der Waals surface area contributed by atoms with Crippen molar-refractivity contribution in [3.05, 3.63) is 29.8 Å². The second-order valence-corrected chi connectivity index (χ2v) is 4.30. The highest BCUT2D eigenvalue weighted by Crippen LogP contribution is 2.17. The lowest BCUT2D eigenvalue weighted by Gasteiger charge is -2.10. The van der Waals surface area contributed by atoms with Crippen LogP contribution in [0.5, 0.6) is 5.75 Å². The highest BCUT2D eigenvalue weighted by atomic mass is 16.5. The van der Waals surface area contributed by atoms with Gasteiger partial charge in [-0.25, -0.2) is 4.79 Å². The van der Waals surface area contributed by atoms with E-state index in [1.54, 1.807) is 7.11 Å². The first-order valence-corrected chi connectivity index (χ1v) is 6.99. The Morgan fingerprint density at radius 1 is 1.20 bits per heavy atom. The van der Waals surface area contributed by atoms with Crippen molar-refractivity contribution in [3.8, 4) is 5.75 Å². The summed E-state index contributed by atoms with van der Waals surface area (Å²) < 4.78 is 10.5. The Bertz CT molecular complexity index is 396. The van der Waals surface area contributed by atoms with Crippen molar-refractivity contribution in [3.63, 3.8) is 0 Å². The molecule has 5 nitrogen and oxygen atoms in total. The van der Waals surface area contributed by atoms with Crippen LogP contribution in [0.25, 0.3) is 0 Å². The molecule has 0 spiro atoms. The first kappa shape index (κ1) is 16.3. The van der Waals surface area contributed by atoms with E-state index in [-0.39, 0.29) is 6.03 Å². The van der Waals surface area contributed by atoms with E-state index in [4.69, 9.17) is 9.47 Å². The Morgan fingerprint density at radius 3 is 2.70 bits per heavy atom. The van der Waals surface area contributed by atoms with Gasteiger partial charge < -0.3 is 20.1 Å². The molecule has 1 aromatic carbocycles. The second-order valence-electron chi connectivity index (χ2n) is 4.30. The molecule has 0 bridgehead atoms. The number of carbonyl (C=O) groups is 1. The number of hydrogen-bond acceptors (Lipinski definition) is 3. The van der Waals surface area contributed by atoms with Crippen LogP contribution in [0.2, 0.25) is 0 Å². The number of ether oxygens (including phenoxy) is 2. The minimum Gasteiger partial charge on any atom is -0.496 e. The van der Waals surface area contributed by atoms with E-state index in [1.165, 1.54) is 0 Å². The highest BCUT2D eigenvalue weighted by molar-refractivity contribution is 5.73. The van der Waals surface area contributed by atoms with Crippen LogP contribution in [0.15, 0.2) is 24.3 Å². The molecule has 0 aromatic heterocycles. The van der Waals surface area contributed by atoms with E-state index in [0.717, 1.165) is 24.2 Å². The van der Waals surface area contributed by atoms with Crippen LogP contribution in [0.4, 0.5) is 4.79 Å². The largest absolute Gasteiger partial charge is 0.496 e. The van der Waals surface area contributed by atoms with Crippen molar-refractivity contribution in [2.75, 3.05) is 33.4 Å². The third kappa shape index (κ3) is 6.43. The van der Waals surface area contributed by atoms with Gasteiger partial charge in [-0.1, -0.05) is 18.2 Å². The highest BCUT2D eigenvalue weighted by Gasteiger charge is 2.03. The predicted octanol–water partition coefficient (Wildman–Crippen LogP) is 1.96. The number of nitrogens with one attached hydrogen (secondary N) is 2. The second kappa shape index (κ2) is 10.1. The molecule has 0 aliphatic rings. The first-order valence-electron chi connectivity index (χ1n) is 6.99. The van der Waals surface area contributed by atoms with E-state index >= 15 is 0 Å². The van der Waals surface area contributed by atoms with Gasteiger partial charge in [-0.3, -0.25) is 0 Å². The number of benzene rings is 1. The van der Waals surface area contributed by atoms with Crippen molar-refractivity contribution < 1.29 is 14.3 Å². The van der Waals surface area contributed by atoms with E-state index in [1.807, 2.05) is 31.2 Å². The van der Waals surface area contributed by atoms with Gasteiger partial charge in [0.15, 0.2) is 0 Å². The Kier molecular flexibility index (Phi) is 8.22. The molecule has 0 radical (unpaired) electrons. The standard InChI is InChI=1S/C15H24N2O3/c1-3-20-12-6-10-16-15(18)17-11-9-13-7-4-5-8-14(13)19-2/h4-5,7-8H,3,6,9-12H2,1-2H3,(H2,16,17,18). The maximum atomic E-state index is 11.5. The lowest BCUT2D eigenvalue weighted by Crippen LogP contribution is -2.37. The van der Waals surface area contributed by atoms with Gasteiger partial charge in [0.2, 0.25) is 0 Å². The number of para-hydroxylation sites is 1. The fraction of sp³-hybridized carbons (Fsp3) is 0.533. The summed E-state index contributed by atoms with van der Waals surface area (Å²) in [5.41, 5.74) is 1.09. The number of methoxy groups -OCH3 is 1. The van der Waals surface area contributed by atoms with Gasteiger partial charge in [0, 0.05) is 26.3 Å². The van der Waals surface area contributed by atoms with Crippen LogP contribution in [0.1, 0.15) is 18.9 Å². The first-order chi connectivity index (χ1) is 9.77. The third-order valence-electron chi connectivity index (χ3n) is 2.83. The fourth-order valence-corrected chi connectivity index (χ4v) is 1.80. The van der Waals surface area contributed by atoms with Gasteiger partial charge in [-0.05, 0) is 31.4 Å². The van der Waals surface area contributed by atoms with Crippen LogP contribution in [0.3, 0.4) is 0 Å². The monoisotopic (exact) mass is 280 g/mol. The van der Waals surface area contributed by atoms with Gasteiger partial charge in [0.25, 0.3) is 0 Å². The maximum absolute atomic E-state index is 11.5. The molecule has 2 amide bonds. The molecule has 20 heavy (non-hydrogen) atoms. The molecule has 0 aliphatic carbocycles. The molecule has 1 rings (SSSR count). The zero-order chi connectivity index (χ0) is 14.6. The van der Waals surface area contributed by atoms with Crippen molar-refractivity contribution in [1.29, 1.82) is 0 Å². The molecule has 0 heterocycles. The number of urea groups is 1. The topological polar surface area (TPSA) is 59.6 Å². The minimum atomic E-state index is -0.142. The number of amides is 2. The van der Waals surface area contributed by atoms with Crippen LogP contribution in [0, 0.1) is 0 Å². The Balaban J connectivity index is 2.15. The zero-order valence-corrected chi connectivity index (χ0v) is 12.3. The van der Waals surface area contributed by atoms with Gasteiger partial charge in [0.1, 0.15) is 5.75 Å². The predicted molar refractivity (Wildman–Crippen MR) is 79.2 cm³/mol. The summed E-state index contributed by atoms with van der Waals surface area (Å²) in [5, 5.41) is 5.62. The maximum Gasteiger partial charge on any atom is 0.314 e. The Hall–Kier alpha value is -1.75. The van der Waals surface area contributed by atoms with Crippen molar-refractivity contribution in [2.45, 2.75) is 19.8 Å². The minimum absolute atomic E-state index is 0.142. The molecular weight excluding hydrogens is 256 g/mol. The smallest absolute Gasteiger partial charge is 0.314 e. The van der Waals surface area contributed by atoms with Crippen LogP contribution >= 0.6 is 0 Å². The van der Waals surface area contributed by atoms with E-state index in [9.17, 15) is 4.79 Å². The molecule has 0 fully saturated rings. The molecule has 0 aliphatic heterocycles. The summed E-state index contributed by atoms with van der Waals surface area (Å²) in [5.74, 6) is 0.853. The lowest BCUT2D eigenvalue weighted by atomic mass is 10.1. The normalized spacial score (nSPS) is 10.1. The average molecular weight is 280 g/mol. The third-order valence-corrected chi connectivity index (χ3v) is 2.83. The summed E-state index contributed by atoms with van der Waals surface area (Å²) in [6.45, 7) is 4.55. The molecule has 5 heteroatoms. The summed E-state index contributed by atoms with van der Waals surface area (Å²) in [6, 6.07) is 7.67. The molecule has 1 aromatic rings. The SMILES string of the molecule is CCOCCCNC(=O)NCCc1ccccc1OC. The van der Waals surface area contributed by atoms with E-state index in [2.05, 4.69) is 10.6 Å². The molecule has 0 saturated carbocycles. The molecule has 0 unspecified atom stereocenters. The van der Waals surface area contributed by atoms with E-state index in [0.29, 0.717) is 26.3 Å². The van der Waals surface area contributed by atoms with Crippen LogP contribution in [-0.2, 0) is 11.2 Å². The van der Waals surface area contributed by atoms with Gasteiger partial charge in [-0.2, -0.15) is 0 Å². The number of rotatable bonds is 9. The summed E-state index contributed by atoms with van der Waals surface area (Å²) in [7, 11) is 1.65. The van der Waals surface area contributed by atoms with Crippen molar-refractivity contribution in [1.82, 2.24) is 10.6 Å². The van der Waals surface area contributed by atoms with Crippen LogP contribution in [-0.4, -0.2) is 39.4 Å². The van der Waals surface area contributed by atoms with Crippen LogP contribution < -0.4 is 15.4 Å². The van der Waals surface area contributed by atoms with E-state index < -0.39 is 0 Å². The summed E-state index contributed by atoms with van der Waals surface area (Å²) >= 11 is 0. The van der Waals surface area contributed by atoms with Gasteiger partial charge in [0.05, 0.1) is 7.11 Å². The molecular formula is C15H24N2O3. The molecule has 2 N–H and O–H groups in total. The zero-order valence-electron chi connectivity index (χ0n) is 12.3.